The van der Waals surface area contributed by atoms with Crippen molar-refractivity contribution in [2.45, 2.75) is 13.3 Å². The molecule has 0 aliphatic heterocycles. The molecule has 0 saturated carbocycles. The summed E-state index contributed by atoms with van der Waals surface area (Å²) < 4.78 is 1.09. The van der Waals surface area contributed by atoms with Crippen LogP contribution in [0.15, 0.2) is 16.6 Å². The lowest BCUT2D eigenvalue weighted by atomic mass is 10.1. The van der Waals surface area contributed by atoms with Gasteiger partial charge in [0.2, 0.25) is 0 Å². The molecule has 14 heavy (non-hydrogen) atoms. The van der Waals surface area contributed by atoms with Crippen LogP contribution in [-0.2, 0) is 6.42 Å². The third-order valence-electron chi connectivity index (χ3n) is 2.18. The number of H-pyrrole nitrogens is 1. The van der Waals surface area contributed by atoms with Gasteiger partial charge in [-0.2, -0.15) is 0 Å². The van der Waals surface area contributed by atoms with Crippen molar-refractivity contribution in [1.82, 2.24) is 9.97 Å². The molecular weight excluding hydrogens is 242 g/mol. The van der Waals surface area contributed by atoms with Gasteiger partial charge in [-0.25, -0.2) is 4.98 Å². The van der Waals surface area contributed by atoms with Gasteiger partial charge < -0.3 is 10.7 Å². The number of nitrogens with two attached hydrogens (primary N) is 1. The quantitative estimate of drug-likeness (QED) is 0.862. The summed E-state index contributed by atoms with van der Waals surface area (Å²) in [4.78, 5) is 7.57. The highest BCUT2D eigenvalue weighted by molar-refractivity contribution is 9.10. The molecule has 3 N–H and O–H groups in total. The van der Waals surface area contributed by atoms with Crippen molar-refractivity contribution in [2.24, 2.45) is 5.73 Å². The first kappa shape index (κ1) is 9.68. The lowest BCUT2D eigenvalue weighted by molar-refractivity contribution is 0.965. The molecule has 1 aromatic carbocycles. The van der Waals surface area contributed by atoms with Crippen LogP contribution in [0.5, 0.6) is 0 Å². The Kier molecular flexibility index (Phi) is 2.56. The van der Waals surface area contributed by atoms with E-state index >= 15 is 0 Å². The molecule has 0 amide bonds. The number of nitrogens with zero attached hydrogens (tertiary/aromatic N) is 1. The predicted molar refractivity (Wildman–Crippen MR) is 61.3 cm³/mol. The van der Waals surface area contributed by atoms with Gasteiger partial charge >= 0.3 is 0 Å². The summed E-state index contributed by atoms with van der Waals surface area (Å²) in [5, 5.41) is 0. The smallest absolute Gasteiger partial charge is 0.104 e. The summed E-state index contributed by atoms with van der Waals surface area (Å²) in [7, 11) is 0. The Morgan fingerprint density at radius 1 is 1.50 bits per heavy atom. The van der Waals surface area contributed by atoms with Crippen LogP contribution in [0, 0.1) is 6.92 Å². The number of aromatic amines is 1. The van der Waals surface area contributed by atoms with Crippen LogP contribution in [0.3, 0.4) is 0 Å². The van der Waals surface area contributed by atoms with Gasteiger partial charge in [-0.15, -0.1) is 0 Å². The number of benzene rings is 1. The van der Waals surface area contributed by atoms with E-state index in [9.17, 15) is 0 Å². The minimum atomic E-state index is 0.664. The molecule has 0 bridgehead atoms. The molecule has 0 radical (unpaired) electrons. The van der Waals surface area contributed by atoms with Gasteiger partial charge in [0, 0.05) is 4.47 Å². The summed E-state index contributed by atoms with van der Waals surface area (Å²) in [6.07, 6.45) is 0.884. The maximum Gasteiger partial charge on any atom is 0.104 e. The fourth-order valence-corrected chi connectivity index (χ4v) is 2.08. The van der Waals surface area contributed by atoms with E-state index in [4.69, 9.17) is 5.73 Å². The van der Waals surface area contributed by atoms with Crippen LogP contribution < -0.4 is 5.73 Å². The first-order valence-electron chi connectivity index (χ1n) is 4.55. The molecule has 2 rings (SSSR count). The zero-order valence-corrected chi connectivity index (χ0v) is 9.56. The Morgan fingerprint density at radius 3 is 3.00 bits per heavy atom. The highest BCUT2D eigenvalue weighted by Gasteiger charge is 2.04. The van der Waals surface area contributed by atoms with Crippen molar-refractivity contribution in [1.29, 1.82) is 0 Å². The van der Waals surface area contributed by atoms with Crippen molar-refractivity contribution in [2.75, 3.05) is 6.54 Å². The number of aromatic nitrogens is 2. The number of rotatable bonds is 2. The van der Waals surface area contributed by atoms with E-state index in [-0.39, 0.29) is 0 Å². The topological polar surface area (TPSA) is 54.7 Å². The molecule has 0 unspecified atom stereocenters. The number of nitrogens with one attached hydrogen (secondary N) is 1. The molecule has 4 heteroatoms. The molecular formula is C10H12BrN3. The number of fused-ring (bicyclic) bond motifs is 1. The molecule has 3 nitrogen and oxygen atoms in total. The summed E-state index contributed by atoms with van der Waals surface area (Å²) in [6, 6.07) is 4.14. The number of halogens is 1. The Hall–Kier alpha value is -0.870. The summed E-state index contributed by atoms with van der Waals surface area (Å²) >= 11 is 3.52. The molecule has 1 aromatic heterocycles. The summed E-state index contributed by atoms with van der Waals surface area (Å²) in [5.41, 5.74) is 8.83. The Labute approximate surface area is 90.8 Å². The fraction of sp³-hybridized carbons (Fsp3) is 0.300. The van der Waals surface area contributed by atoms with Gasteiger partial charge in [-0.3, -0.25) is 0 Å². The average molecular weight is 254 g/mol. The maximum atomic E-state index is 5.53. The van der Waals surface area contributed by atoms with E-state index in [0.29, 0.717) is 6.54 Å². The van der Waals surface area contributed by atoms with E-state index < -0.39 is 0 Å². The van der Waals surface area contributed by atoms with Gasteiger partial charge in [-0.05, 0) is 37.6 Å². The standard InChI is InChI=1S/C10H12BrN3/c1-6-13-9-4-7(2-3-12)8(11)5-10(9)14-6/h4-5H,2-3,12H2,1H3,(H,13,14). The second-order valence-electron chi connectivity index (χ2n) is 3.32. The van der Waals surface area contributed by atoms with E-state index in [1.54, 1.807) is 0 Å². The third-order valence-corrected chi connectivity index (χ3v) is 2.92. The Bertz CT molecular complexity index is 462. The van der Waals surface area contributed by atoms with Crippen LogP contribution in [0.4, 0.5) is 0 Å². The molecule has 0 spiro atoms. The second-order valence-corrected chi connectivity index (χ2v) is 4.18. The van der Waals surface area contributed by atoms with Gasteiger partial charge in [0.05, 0.1) is 11.0 Å². The first-order valence-corrected chi connectivity index (χ1v) is 5.35. The van der Waals surface area contributed by atoms with Gasteiger partial charge in [0.25, 0.3) is 0 Å². The van der Waals surface area contributed by atoms with Crippen LogP contribution >= 0.6 is 15.9 Å². The monoisotopic (exact) mass is 253 g/mol. The van der Waals surface area contributed by atoms with Crippen molar-refractivity contribution >= 4 is 27.0 Å². The third kappa shape index (κ3) is 1.67. The van der Waals surface area contributed by atoms with E-state index in [2.05, 4.69) is 32.0 Å². The van der Waals surface area contributed by atoms with Crippen molar-refractivity contribution in [3.05, 3.63) is 28.0 Å². The number of aryl methyl sites for hydroxylation is 1. The molecule has 0 aliphatic rings. The SMILES string of the molecule is Cc1nc2cc(Br)c(CCN)cc2[nH]1. The van der Waals surface area contributed by atoms with Crippen LogP contribution in [-0.4, -0.2) is 16.5 Å². The van der Waals surface area contributed by atoms with Crippen molar-refractivity contribution in [3.63, 3.8) is 0 Å². The fourth-order valence-electron chi connectivity index (χ4n) is 1.55. The van der Waals surface area contributed by atoms with Crippen LogP contribution in [0.25, 0.3) is 11.0 Å². The summed E-state index contributed by atoms with van der Waals surface area (Å²) in [6.45, 7) is 2.62. The molecule has 1 heterocycles. The van der Waals surface area contributed by atoms with Gasteiger partial charge in [-0.1, -0.05) is 15.9 Å². The number of imidazole rings is 1. The maximum absolute atomic E-state index is 5.53. The van der Waals surface area contributed by atoms with E-state index in [0.717, 1.165) is 27.8 Å². The summed E-state index contributed by atoms with van der Waals surface area (Å²) in [5.74, 6) is 0.941. The average Bonchev–Trinajstić information content (AvgIpc) is 2.45. The zero-order chi connectivity index (χ0) is 10.1. The van der Waals surface area contributed by atoms with E-state index in [1.807, 2.05) is 13.0 Å². The second kappa shape index (κ2) is 3.71. The van der Waals surface area contributed by atoms with Crippen LogP contribution in [0.2, 0.25) is 0 Å². The van der Waals surface area contributed by atoms with Crippen LogP contribution in [0.1, 0.15) is 11.4 Å². The minimum Gasteiger partial charge on any atom is -0.342 e. The Morgan fingerprint density at radius 2 is 2.29 bits per heavy atom. The lowest BCUT2D eigenvalue weighted by Crippen LogP contribution is -2.03. The Balaban J connectivity index is 2.58. The van der Waals surface area contributed by atoms with E-state index in [1.165, 1.54) is 5.56 Å². The molecule has 0 fully saturated rings. The van der Waals surface area contributed by atoms with Crippen molar-refractivity contribution in [3.8, 4) is 0 Å². The van der Waals surface area contributed by atoms with Gasteiger partial charge in [0.1, 0.15) is 5.82 Å². The molecule has 0 aliphatic carbocycles. The largest absolute Gasteiger partial charge is 0.342 e. The molecule has 74 valence electrons. The first-order chi connectivity index (χ1) is 6.70. The molecule has 2 aromatic rings. The number of hydrogen-bond donors (Lipinski definition) is 2. The minimum absolute atomic E-state index is 0.664. The van der Waals surface area contributed by atoms with Crippen molar-refractivity contribution < 1.29 is 0 Å². The zero-order valence-electron chi connectivity index (χ0n) is 7.97. The van der Waals surface area contributed by atoms with Gasteiger partial charge in [0.15, 0.2) is 0 Å². The number of hydrogen-bond acceptors (Lipinski definition) is 2. The normalized spacial score (nSPS) is 11.1. The highest BCUT2D eigenvalue weighted by atomic mass is 79.9. The highest BCUT2D eigenvalue weighted by Crippen LogP contribution is 2.23. The predicted octanol–water partition coefficient (Wildman–Crippen LogP) is 2.14. The lowest BCUT2D eigenvalue weighted by Gasteiger charge is -2.01. The molecule has 0 saturated heterocycles. The molecule has 0 atom stereocenters.